The lowest BCUT2D eigenvalue weighted by Gasteiger charge is -2.33. The molecule has 2 aromatic carbocycles. The van der Waals surface area contributed by atoms with Gasteiger partial charge < -0.3 is 10.2 Å². The molecule has 198 valence electrons. The van der Waals surface area contributed by atoms with Crippen LogP contribution in [0, 0.1) is 0 Å². The third-order valence-electron chi connectivity index (χ3n) is 5.54. The summed E-state index contributed by atoms with van der Waals surface area (Å²) in [5, 5.41) is 3.72. The van der Waals surface area contributed by atoms with Gasteiger partial charge in [-0.25, -0.2) is 12.7 Å². The first-order valence-electron chi connectivity index (χ1n) is 11.8. The summed E-state index contributed by atoms with van der Waals surface area (Å²) in [4.78, 5) is 28.2. The smallest absolute Gasteiger partial charge is 0.243 e. The van der Waals surface area contributed by atoms with Crippen LogP contribution < -0.4 is 5.32 Å². The Kier molecular flexibility index (Phi) is 10.8. The molecule has 0 aromatic heterocycles. The number of benzene rings is 2. The standard InChI is InChI=1S/C26H35Cl2N3O4S/c1-6-23(25(33)29-26(2,3)4)31(18-19-14-15-21(27)22(28)17-19)24(32)13-10-16-30(5)36(34,35)20-11-8-7-9-12-20/h7-9,11-12,14-15,17,23H,6,10,13,16,18H2,1-5H3,(H,29,33). The van der Waals surface area contributed by atoms with E-state index in [0.717, 1.165) is 5.56 Å². The molecule has 0 aliphatic carbocycles. The first-order valence-corrected chi connectivity index (χ1v) is 14.0. The number of rotatable bonds is 11. The second-order valence-corrected chi connectivity index (χ2v) is 12.5. The number of nitrogens with zero attached hydrogens (tertiary/aromatic N) is 2. The number of carbonyl (C=O) groups excluding carboxylic acids is 2. The Morgan fingerprint density at radius 3 is 2.22 bits per heavy atom. The second-order valence-electron chi connectivity index (χ2n) is 9.68. The number of amides is 2. The lowest BCUT2D eigenvalue weighted by Crippen LogP contribution is -2.53. The number of hydrogen-bond donors (Lipinski definition) is 1. The Bertz CT molecular complexity index is 1150. The van der Waals surface area contributed by atoms with Crippen molar-refractivity contribution in [3.63, 3.8) is 0 Å². The van der Waals surface area contributed by atoms with Gasteiger partial charge >= 0.3 is 0 Å². The van der Waals surface area contributed by atoms with Crippen LogP contribution in [0.1, 0.15) is 52.5 Å². The Balaban J connectivity index is 2.18. The van der Waals surface area contributed by atoms with Crippen LogP contribution >= 0.6 is 23.2 Å². The van der Waals surface area contributed by atoms with Crippen molar-refractivity contribution in [1.82, 2.24) is 14.5 Å². The highest BCUT2D eigenvalue weighted by Gasteiger charge is 2.31. The van der Waals surface area contributed by atoms with E-state index in [0.29, 0.717) is 22.9 Å². The van der Waals surface area contributed by atoms with Crippen LogP contribution in [0.15, 0.2) is 53.4 Å². The van der Waals surface area contributed by atoms with E-state index in [-0.39, 0.29) is 36.2 Å². The van der Waals surface area contributed by atoms with E-state index in [9.17, 15) is 18.0 Å². The largest absolute Gasteiger partial charge is 0.350 e. The minimum Gasteiger partial charge on any atom is -0.350 e. The number of carbonyl (C=O) groups is 2. The molecule has 7 nitrogen and oxygen atoms in total. The lowest BCUT2D eigenvalue weighted by atomic mass is 10.0. The third-order valence-corrected chi connectivity index (χ3v) is 8.15. The number of halogens is 2. The molecule has 0 fully saturated rings. The molecule has 0 aliphatic rings. The Labute approximate surface area is 224 Å². The highest BCUT2D eigenvalue weighted by atomic mass is 35.5. The maximum atomic E-state index is 13.4. The normalized spacial score (nSPS) is 12.9. The molecule has 0 spiro atoms. The summed E-state index contributed by atoms with van der Waals surface area (Å²) < 4.78 is 26.8. The summed E-state index contributed by atoms with van der Waals surface area (Å²) in [5.41, 5.74) is 0.278. The molecule has 10 heteroatoms. The average Bonchev–Trinajstić information content (AvgIpc) is 2.80. The topological polar surface area (TPSA) is 86.8 Å². The van der Waals surface area contributed by atoms with Crippen LogP contribution in [0.4, 0.5) is 0 Å². The molecule has 0 radical (unpaired) electrons. The highest BCUT2D eigenvalue weighted by molar-refractivity contribution is 7.89. The van der Waals surface area contributed by atoms with Crippen molar-refractivity contribution in [2.75, 3.05) is 13.6 Å². The molecular weight excluding hydrogens is 521 g/mol. The molecule has 36 heavy (non-hydrogen) atoms. The summed E-state index contributed by atoms with van der Waals surface area (Å²) in [6, 6.07) is 12.6. The van der Waals surface area contributed by atoms with E-state index >= 15 is 0 Å². The van der Waals surface area contributed by atoms with Crippen LogP contribution in [0.5, 0.6) is 0 Å². The molecule has 0 aliphatic heterocycles. The summed E-state index contributed by atoms with van der Waals surface area (Å²) >= 11 is 12.2. The van der Waals surface area contributed by atoms with Gasteiger partial charge in [0.25, 0.3) is 0 Å². The molecule has 2 aromatic rings. The quantitative estimate of drug-likeness (QED) is 0.417. The molecule has 2 rings (SSSR count). The van der Waals surface area contributed by atoms with Gasteiger partial charge in [0.15, 0.2) is 0 Å². The van der Waals surface area contributed by atoms with Gasteiger partial charge in [-0.15, -0.1) is 0 Å². The van der Waals surface area contributed by atoms with Crippen LogP contribution in [0.2, 0.25) is 10.0 Å². The van der Waals surface area contributed by atoms with Crippen molar-refractivity contribution < 1.29 is 18.0 Å². The van der Waals surface area contributed by atoms with Crippen molar-refractivity contribution in [3.8, 4) is 0 Å². The van der Waals surface area contributed by atoms with Crippen LogP contribution in [-0.2, 0) is 26.2 Å². The minimum atomic E-state index is -3.65. The summed E-state index contributed by atoms with van der Waals surface area (Å²) in [7, 11) is -2.16. The fourth-order valence-electron chi connectivity index (χ4n) is 3.70. The third kappa shape index (κ3) is 8.47. The van der Waals surface area contributed by atoms with Gasteiger partial charge in [-0.1, -0.05) is 54.4 Å². The van der Waals surface area contributed by atoms with Crippen LogP contribution in [0.25, 0.3) is 0 Å². The Morgan fingerprint density at radius 2 is 1.67 bits per heavy atom. The van der Waals surface area contributed by atoms with Gasteiger partial charge in [-0.05, 0) is 63.4 Å². The van der Waals surface area contributed by atoms with E-state index in [1.807, 2.05) is 27.7 Å². The molecule has 2 amide bonds. The fraction of sp³-hybridized carbons (Fsp3) is 0.462. The van der Waals surface area contributed by atoms with E-state index in [1.165, 1.54) is 28.4 Å². The van der Waals surface area contributed by atoms with E-state index in [2.05, 4.69) is 5.32 Å². The monoisotopic (exact) mass is 555 g/mol. The summed E-state index contributed by atoms with van der Waals surface area (Å²) in [6.07, 6.45) is 0.795. The average molecular weight is 557 g/mol. The molecule has 1 N–H and O–H groups in total. The van der Waals surface area contributed by atoms with Crippen LogP contribution in [0.3, 0.4) is 0 Å². The second kappa shape index (κ2) is 12.9. The molecule has 0 saturated carbocycles. The predicted molar refractivity (Wildman–Crippen MR) is 144 cm³/mol. The number of hydrogen-bond acceptors (Lipinski definition) is 4. The van der Waals surface area contributed by atoms with Gasteiger partial charge in [0, 0.05) is 32.1 Å². The van der Waals surface area contributed by atoms with Gasteiger partial charge in [-0.2, -0.15) is 0 Å². The van der Waals surface area contributed by atoms with Crippen molar-refractivity contribution >= 4 is 45.0 Å². The maximum Gasteiger partial charge on any atom is 0.243 e. The molecule has 0 saturated heterocycles. The minimum absolute atomic E-state index is 0.0786. The molecule has 1 atom stereocenters. The molecule has 0 heterocycles. The zero-order chi connectivity index (χ0) is 27.1. The SMILES string of the molecule is CCC(C(=O)NC(C)(C)C)N(Cc1ccc(Cl)c(Cl)c1)C(=O)CCCN(C)S(=O)(=O)c1ccccc1. The zero-order valence-electron chi connectivity index (χ0n) is 21.4. The van der Waals surface area contributed by atoms with Gasteiger partial charge in [0.05, 0.1) is 14.9 Å². The van der Waals surface area contributed by atoms with E-state index in [1.54, 1.807) is 36.4 Å². The van der Waals surface area contributed by atoms with E-state index in [4.69, 9.17) is 23.2 Å². The lowest BCUT2D eigenvalue weighted by molar-refractivity contribution is -0.142. The fourth-order valence-corrected chi connectivity index (χ4v) is 5.25. The molecule has 1 unspecified atom stereocenters. The summed E-state index contributed by atoms with van der Waals surface area (Å²) in [5.74, 6) is -0.496. The van der Waals surface area contributed by atoms with Gasteiger partial charge in [-0.3, -0.25) is 9.59 Å². The van der Waals surface area contributed by atoms with Gasteiger partial charge in [0.2, 0.25) is 21.8 Å². The predicted octanol–water partition coefficient (Wildman–Crippen LogP) is 5.12. The highest BCUT2D eigenvalue weighted by Crippen LogP contribution is 2.24. The first-order chi connectivity index (χ1) is 16.8. The van der Waals surface area contributed by atoms with Crippen molar-refractivity contribution in [3.05, 3.63) is 64.1 Å². The summed E-state index contributed by atoms with van der Waals surface area (Å²) in [6.45, 7) is 7.82. The maximum absolute atomic E-state index is 13.4. The van der Waals surface area contributed by atoms with Gasteiger partial charge in [0.1, 0.15) is 6.04 Å². The van der Waals surface area contributed by atoms with Crippen molar-refractivity contribution in [2.24, 2.45) is 0 Å². The number of nitrogens with one attached hydrogen (secondary N) is 1. The Morgan fingerprint density at radius 1 is 1.03 bits per heavy atom. The number of sulfonamides is 1. The van der Waals surface area contributed by atoms with E-state index < -0.39 is 21.6 Å². The molecular formula is C26H35Cl2N3O4S. The van der Waals surface area contributed by atoms with Crippen LogP contribution in [-0.4, -0.2) is 54.6 Å². The zero-order valence-corrected chi connectivity index (χ0v) is 23.8. The Hall–Kier alpha value is -2.13. The van der Waals surface area contributed by atoms with Crippen molar-refractivity contribution in [2.45, 2.75) is 70.0 Å². The molecule has 0 bridgehead atoms. The first kappa shape index (κ1) is 30.1. The van der Waals surface area contributed by atoms with Crippen molar-refractivity contribution in [1.29, 1.82) is 0 Å².